The van der Waals surface area contributed by atoms with Gasteiger partial charge in [-0.3, -0.25) is 0 Å². The van der Waals surface area contributed by atoms with E-state index in [4.69, 9.17) is 4.74 Å². The molecule has 1 aromatic carbocycles. The van der Waals surface area contributed by atoms with Crippen molar-refractivity contribution in [2.75, 3.05) is 0 Å². The molecule has 1 aromatic rings. The molecule has 0 amide bonds. The molecule has 1 aliphatic carbocycles. The molecular weight excluding hydrogens is 179 g/mol. The lowest BCUT2D eigenvalue weighted by atomic mass is 10.2. The van der Waals surface area contributed by atoms with Gasteiger partial charge < -0.3 is 4.74 Å². The Morgan fingerprint density at radius 3 is 2.57 bits per heavy atom. The fourth-order valence-corrected chi connectivity index (χ4v) is 1.97. The van der Waals surface area contributed by atoms with Gasteiger partial charge in [0.05, 0.1) is 6.10 Å². The molecule has 0 spiro atoms. The molecule has 14 heavy (non-hydrogen) atoms. The molecule has 2 rings (SSSR count). The number of halogens is 1. The molecule has 1 nitrogen and oxygen atoms in total. The number of benzene rings is 1. The zero-order valence-corrected chi connectivity index (χ0v) is 8.42. The molecule has 0 atom stereocenters. The maximum absolute atomic E-state index is 13.0. The van der Waals surface area contributed by atoms with Crippen LogP contribution in [0.5, 0.6) is 5.75 Å². The van der Waals surface area contributed by atoms with E-state index in [2.05, 4.69) is 0 Å². The third-order valence-electron chi connectivity index (χ3n) is 2.62. The Morgan fingerprint density at radius 2 is 1.93 bits per heavy atom. The SMILES string of the molecule is Cc1cc(F)cc(OC2CCCC2)c1. The summed E-state index contributed by atoms with van der Waals surface area (Å²) in [5.74, 6) is 0.465. The van der Waals surface area contributed by atoms with Crippen molar-refractivity contribution in [3.05, 3.63) is 29.6 Å². The predicted octanol–water partition coefficient (Wildman–Crippen LogP) is 3.46. The molecule has 0 aromatic heterocycles. The van der Waals surface area contributed by atoms with Gasteiger partial charge in [0.2, 0.25) is 0 Å². The number of ether oxygens (including phenoxy) is 1. The fourth-order valence-electron chi connectivity index (χ4n) is 1.97. The molecule has 0 radical (unpaired) electrons. The van der Waals surface area contributed by atoms with Crippen LogP contribution in [-0.2, 0) is 0 Å². The van der Waals surface area contributed by atoms with E-state index in [9.17, 15) is 4.39 Å². The monoisotopic (exact) mass is 194 g/mol. The van der Waals surface area contributed by atoms with E-state index in [0.717, 1.165) is 18.4 Å². The van der Waals surface area contributed by atoms with Crippen LogP contribution in [0.2, 0.25) is 0 Å². The van der Waals surface area contributed by atoms with Crippen molar-refractivity contribution in [2.24, 2.45) is 0 Å². The minimum Gasteiger partial charge on any atom is -0.490 e. The molecule has 76 valence electrons. The number of aryl methyl sites for hydroxylation is 1. The van der Waals surface area contributed by atoms with Crippen molar-refractivity contribution < 1.29 is 9.13 Å². The van der Waals surface area contributed by atoms with Crippen molar-refractivity contribution in [3.8, 4) is 5.75 Å². The first-order valence-corrected chi connectivity index (χ1v) is 5.18. The normalized spacial score (nSPS) is 17.3. The molecule has 0 bridgehead atoms. The Labute approximate surface area is 83.9 Å². The molecular formula is C12H15FO. The Kier molecular flexibility index (Phi) is 2.71. The number of hydrogen-bond acceptors (Lipinski definition) is 1. The quantitative estimate of drug-likeness (QED) is 0.700. The second kappa shape index (κ2) is 3.99. The Bertz CT molecular complexity index is 296. The van der Waals surface area contributed by atoms with Crippen LogP contribution in [0.4, 0.5) is 4.39 Å². The smallest absolute Gasteiger partial charge is 0.127 e. The maximum Gasteiger partial charge on any atom is 0.127 e. The average molecular weight is 194 g/mol. The molecule has 1 saturated carbocycles. The molecule has 2 heteroatoms. The first-order chi connectivity index (χ1) is 6.74. The first kappa shape index (κ1) is 9.50. The van der Waals surface area contributed by atoms with Gasteiger partial charge in [-0.05, 0) is 50.3 Å². The minimum absolute atomic E-state index is 0.210. The summed E-state index contributed by atoms with van der Waals surface area (Å²) >= 11 is 0. The van der Waals surface area contributed by atoms with Crippen LogP contribution in [0.1, 0.15) is 31.2 Å². The zero-order chi connectivity index (χ0) is 9.97. The zero-order valence-electron chi connectivity index (χ0n) is 8.42. The van der Waals surface area contributed by atoms with Crippen molar-refractivity contribution in [1.82, 2.24) is 0 Å². The van der Waals surface area contributed by atoms with Crippen molar-refractivity contribution in [3.63, 3.8) is 0 Å². The summed E-state index contributed by atoms with van der Waals surface area (Å²) in [4.78, 5) is 0. The van der Waals surface area contributed by atoms with E-state index in [1.807, 2.05) is 13.0 Å². The molecule has 0 saturated heterocycles. The van der Waals surface area contributed by atoms with Crippen LogP contribution >= 0.6 is 0 Å². The second-order valence-electron chi connectivity index (χ2n) is 3.99. The van der Waals surface area contributed by atoms with Gasteiger partial charge in [0.25, 0.3) is 0 Å². The molecule has 0 unspecified atom stereocenters. The summed E-state index contributed by atoms with van der Waals surface area (Å²) in [5, 5.41) is 0. The van der Waals surface area contributed by atoms with Crippen LogP contribution in [-0.4, -0.2) is 6.10 Å². The molecule has 1 fully saturated rings. The molecule has 0 heterocycles. The van der Waals surface area contributed by atoms with Crippen LogP contribution in [0, 0.1) is 12.7 Å². The lowest BCUT2D eigenvalue weighted by Gasteiger charge is -2.13. The summed E-state index contributed by atoms with van der Waals surface area (Å²) in [6.45, 7) is 1.88. The van der Waals surface area contributed by atoms with E-state index in [1.54, 1.807) is 0 Å². The predicted molar refractivity (Wildman–Crippen MR) is 54.0 cm³/mol. The van der Waals surface area contributed by atoms with Crippen LogP contribution in [0.25, 0.3) is 0 Å². The van der Waals surface area contributed by atoms with Gasteiger partial charge >= 0.3 is 0 Å². The maximum atomic E-state index is 13.0. The summed E-state index contributed by atoms with van der Waals surface area (Å²) in [6, 6.07) is 4.87. The van der Waals surface area contributed by atoms with Crippen LogP contribution in [0.3, 0.4) is 0 Å². The summed E-state index contributed by atoms with van der Waals surface area (Å²) in [7, 11) is 0. The minimum atomic E-state index is -0.210. The van der Waals surface area contributed by atoms with Crippen molar-refractivity contribution in [2.45, 2.75) is 38.7 Å². The second-order valence-corrected chi connectivity index (χ2v) is 3.99. The van der Waals surface area contributed by atoms with Gasteiger partial charge in [0.15, 0.2) is 0 Å². The van der Waals surface area contributed by atoms with Gasteiger partial charge in [-0.15, -0.1) is 0 Å². The number of hydrogen-bond donors (Lipinski definition) is 0. The summed E-state index contributed by atoms with van der Waals surface area (Å²) in [5.41, 5.74) is 0.915. The molecule has 0 N–H and O–H groups in total. The van der Waals surface area contributed by atoms with Gasteiger partial charge in [-0.1, -0.05) is 0 Å². The van der Waals surface area contributed by atoms with Gasteiger partial charge in [0, 0.05) is 6.07 Å². The standard InChI is InChI=1S/C12H15FO/c1-9-6-10(13)8-12(7-9)14-11-4-2-3-5-11/h6-8,11H,2-5H2,1H3. The molecule has 1 aliphatic rings. The van der Waals surface area contributed by atoms with E-state index < -0.39 is 0 Å². The lowest BCUT2D eigenvalue weighted by Crippen LogP contribution is -2.10. The van der Waals surface area contributed by atoms with Crippen molar-refractivity contribution >= 4 is 0 Å². The Balaban J connectivity index is 2.07. The summed E-state index contributed by atoms with van der Waals surface area (Å²) < 4.78 is 18.7. The number of rotatable bonds is 2. The average Bonchev–Trinajstić information content (AvgIpc) is 2.54. The highest BCUT2D eigenvalue weighted by Gasteiger charge is 2.16. The van der Waals surface area contributed by atoms with E-state index >= 15 is 0 Å². The fraction of sp³-hybridized carbons (Fsp3) is 0.500. The third kappa shape index (κ3) is 2.25. The summed E-state index contributed by atoms with van der Waals surface area (Å²) in [6.07, 6.45) is 4.99. The lowest BCUT2D eigenvalue weighted by molar-refractivity contribution is 0.209. The van der Waals surface area contributed by atoms with E-state index in [1.165, 1.54) is 25.0 Å². The third-order valence-corrected chi connectivity index (χ3v) is 2.62. The van der Waals surface area contributed by atoms with Crippen LogP contribution in [0.15, 0.2) is 18.2 Å². The van der Waals surface area contributed by atoms with Crippen molar-refractivity contribution in [1.29, 1.82) is 0 Å². The van der Waals surface area contributed by atoms with Gasteiger partial charge in [-0.2, -0.15) is 0 Å². The first-order valence-electron chi connectivity index (χ1n) is 5.18. The Morgan fingerprint density at radius 1 is 1.21 bits per heavy atom. The highest BCUT2D eigenvalue weighted by molar-refractivity contribution is 5.28. The largest absolute Gasteiger partial charge is 0.490 e. The van der Waals surface area contributed by atoms with E-state index in [-0.39, 0.29) is 5.82 Å². The Hall–Kier alpha value is -1.05. The highest BCUT2D eigenvalue weighted by atomic mass is 19.1. The highest BCUT2D eigenvalue weighted by Crippen LogP contribution is 2.25. The topological polar surface area (TPSA) is 9.23 Å². The van der Waals surface area contributed by atoms with E-state index in [0.29, 0.717) is 11.9 Å². The molecule has 0 aliphatic heterocycles. The van der Waals surface area contributed by atoms with Crippen LogP contribution < -0.4 is 4.74 Å². The van der Waals surface area contributed by atoms with Gasteiger partial charge in [-0.25, -0.2) is 4.39 Å². The van der Waals surface area contributed by atoms with Gasteiger partial charge in [0.1, 0.15) is 11.6 Å².